The number of benzene rings is 1. The number of allylic oxidation sites excluding steroid dienone is 1. The summed E-state index contributed by atoms with van der Waals surface area (Å²) >= 11 is 4.44. The molecule has 41 heavy (non-hydrogen) atoms. The first-order chi connectivity index (χ1) is 19.7. The van der Waals surface area contributed by atoms with Gasteiger partial charge < -0.3 is 4.74 Å². The highest BCUT2D eigenvalue weighted by Gasteiger charge is 2.68. The summed E-state index contributed by atoms with van der Waals surface area (Å²) in [5.41, 5.74) is 0.780. The van der Waals surface area contributed by atoms with Crippen molar-refractivity contribution in [2.45, 2.75) is 75.2 Å². The van der Waals surface area contributed by atoms with Gasteiger partial charge in [0.25, 0.3) is 0 Å². The number of para-hydroxylation sites is 1. The molecule has 0 N–H and O–H groups in total. The molecule has 3 aromatic rings. The lowest BCUT2D eigenvalue weighted by Gasteiger charge is -2.59. The first-order valence-corrected chi connectivity index (χ1v) is 17.4. The Morgan fingerprint density at radius 3 is 2.66 bits per heavy atom. The fourth-order valence-electron chi connectivity index (χ4n) is 9.00. The zero-order valence-corrected chi connectivity index (χ0v) is 26.0. The molecule has 0 aliphatic heterocycles. The Balaban J connectivity index is 1.20. The Morgan fingerprint density at radius 2 is 1.85 bits per heavy atom. The summed E-state index contributed by atoms with van der Waals surface area (Å²) in [6, 6.07) is 11.7. The lowest BCUT2D eigenvalue weighted by atomic mass is 9.46. The number of nitrogens with zero attached hydrogens (tertiary/aromatic N) is 1. The molecule has 4 aliphatic rings. The van der Waals surface area contributed by atoms with Crippen molar-refractivity contribution in [2.75, 3.05) is 5.75 Å². The normalized spacial score (nSPS) is 34.4. The second-order valence-electron chi connectivity index (χ2n) is 12.8. The van der Waals surface area contributed by atoms with Gasteiger partial charge in [0.1, 0.15) is 4.88 Å². The number of thiophene rings is 1. The Labute approximate surface area is 253 Å². The van der Waals surface area contributed by atoms with E-state index in [0.29, 0.717) is 35.5 Å². The van der Waals surface area contributed by atoms with Gasteiger partial charge in [-0.05, 0) is 97.8 Å². The minimum atomic E-state index is -1.15. The standard InChI is InChI=1S/C33H35NO4S3/c1-31-14-11-21(35)18-20(31)9-10-22-23(31)12-15-32(2)24(22)13-16-33(32,38-29(37)27-8-5-17-39-27)28(36)19-40-30-34-25-6-3-4-7-26(25)41-30/h3-8,17-18,22-24H,9-16,19H2,1-2H3/t22?,23?,24?,31?,32?,33-/m0/s1. The van der Waals surface area contributed by atoms with Crippen molar-refractivity contribution >= 4 is 62.2 Å². The number of thioether (sulfide) groups is 1. The van der Waals surface area contributed by atoms with Crippen LogP contribution in [-0.4, -0.2) is 33.9 Å². The smallest absolute Gasteiger partial charge is 0.349 e. The molecule has 214 valence electrons. The summed E-state index contributed by atoms with van der Waals surface area (Å²) in [5, 5.41) is 1.88. The van der Waals surface area contributed by atoms with Crippen molar-refractivity contribution in [2.24, 2.45) is 28.6 Å². The van der Waals surface area contributed by atoms with Crippen LogP contribution in [0.15, 0.2) is 57.8 Å². The minimum Gasteiger partial charge on any atom is -0.446 e. The number of thiazole rings is 1. The number of aromatic nitrogens is 1. The molecular weight excluding hydrogens is 571 g/mol. The molecule has 3 saturated carbocycles. The number of rotatable bonds is 6. The van der Waals surface area contributed by atoms with Crippen LogP contribution in [0.1, 0.15) is 74.9 Å². The van der Waals surface area contributed by atoms with Gasteiger partial charge in [-0.1, -0.05) is 49.4 Å². The van der Waals surface area contributed by atoms with Gasteiger partial charge in [-0.25, -0.2) is 9.78 Å². The molecule has 1 aromatic carbocycles. The van der Waals surface area contributed by atoms with Crippen LogP contribution in [0, 0.1) is 28.6 Å². The van der Waals surface area contributed by atoms with Crippen LogP contribution in [0.25, 0.3) is 10.2 Å². The Kier molecular flexibility index (Phi) is 6.83. The third-order valence-electron chi connectivity index (χ3n) is 11.1. The number of fused-ring (bicyclic) bond motifs is 6. The monoisotopic (exact) mass is 605 g/mol. The molecule has 0 saturated heterocycles. The number of hydrogen-bond donors (Lipinski definition) is 0. The molecule has 2 heterocycles. The molecule has 8 heteroatoms. The number of ether oxygens (including phenoxy) is 1. The van der Waals surface area contributed by atoms with E-state index in [1.165, 1.54) is 28.7 Å². The van der Waals surface area contributed by atoms with Gasteiger partial charge in [-0.15, -0.1) is 22.7 Å². The molecule has 5 unspecified atom stereocenters. The lowest BCUT2D eigenvalue weighted by Crippen LogP contribution is -2.59. The van der Waals surface area contributed by atoms with E-state index >= 15 is 0 Å². The molecule has 0 amide bonds. The molecule has 2 aromatic heterocycles. The number of esters is 1. The summed E-state index contributed by atoms with van der Waals surface area (Å²) < 4.78 is 8.46. The maximum atomic E-state index is 14.4. The molecule has 0 bridgehead atoms. The van der Waals surface area contributed by atoms with Gasteiger partial charge in [0, 0.05) is 11.8 Å². The van der Waals surface area contributed by atoms with E-state index < -0.39 is 11.0 Å². The number of carbonyl (C=O) groups excluding carboxylic acids is 3. The molecule has 0 spiro atoms. The van der Waals surface area contributed by atoms with E-state index in [1.807, 2.05) is 35.7 Å². The van der Waals surface area contributed by atoms with Crippen LogP contribution >= 0.6 is 34.4 Å². The first-order valence-electron chi connectivity index (χ1n) is 14.8. The van der Waals surface area contributed by atoms with E-state index in [0.717, 1.165) is 53.1 Å². The van der Waals surface area contributed by atoms with Crippen molar-refractivity contribution in [3.8, 4) is 0 Å². The van der Waals surface area contributed by atoms with Crippen molar-refractivity contribution < 1.29 is 19.1 Å². The Bertz CT molecular complexity index is 1530. The van der Waals surface area contributed by atoms with Gasteiger partial charge in [0.2, 0.25) is 0 Å². The second kappa shape index (κ2) is 10.2. The highest BCUT2D eigenvalue weighted by atomic mass is 32.2. The topological polar surface area (TPSA) is 73.3 Å². The van der Waals surface area contributed by atoms with Gasteiger partial charge in [-0.3, -0.25) is 9.59 Å². The maximum Gasteiger partial charge on any atom is 0.349 e. The third-order valence-corrected chi connectivity index (χ3v) is 14.2. The van der Waals surface area contributed by atoms with Crippen molar-refractivity contribution in [1.82, 2.24) is 4.98 Å². The van der Waals surface area contributed by atoms with E-state index in [1.54, 1.807) is 17.4 Å². The molecule has 3 fully saturated rings. The molecule has 4 aliphatic carbocycles. The van der Waals surface area contributed by atoms with Crippen molar-refractivity contribution in [3.05, 3.63) is 58.3 Å². The van der Waals surface area contributed by atoms with Crippen LogP contribution in [0.5, 0.6) is 0 Å². The van der Waals surface area contributed by atoms with Gasteiger partial charge >= 0.3 is 5.97 Å². The maximum absolute atomic E-state index is 14.4. The first kappa shape index (κ1) is 27.5. The quantitative estimate of drug-likeness (QED) is 0.209. The van der Waals surface area contributed by atoms with Gasteiger partial charge in [-0.2, -0.15) is 0 Å². The number of Topliss-reactive ketones (excluding diaryl/α,β-unsaturated/α-hetero) is 1. The Hall–Kier alpha value is -2.29. The fraction of sp³-hybridized carbons (Fsp3) is 0.515. The Morgan fingerprint density at radius 1 is 1.02 bits per heavy atom. The van der Waals surface area contributed by atoms with E-state index in [4.69, 9.17) is 9.72 Å². The summed E-state index contributed by atoms with van der Waals surface area (Å²) in [4.78, 5) is 45.5. The van der Waals surface area contributed by atoms with E-state index in [-0.39, 0.29) is 28.7 Å². The average molecular weight is 606 g/mol. The summed E-state index contributed by atoms with van der Waals surface area (Å²) in [5.74, 6) is 1.43. The average Bonchev–Trinajstić information content (AvgIpc) is 3.70. The SMILES string of the molecule is CC12CCC(=O)C=C1CCC1C2CCC2(C)C1CC[C@]2(OC(=O)c1cccs1)C(=O)CSc1nc2ccccc2s1. The summed E-state index contributed by atoms with van der Waals surface area (Å²) in [6.07, 6.45) is 8.82. The predicted octanol–water partition coefficient (Wildman–Crippen LogP) is 8.15. The molecule has 7 rings (SSSR count). The minimum absolute atomic E-state index is 0.0148. The summed E-state index contributed by atoms with van der Waals surface area (Å²) in [6.45, 7) is 4.62. The summed E-state index contributed by atoms with van der Waals surface area (Å²) in [7, 11) is 0. The number of ketones is 2. The van der Waals surface area contributed by atoms with Crippen LogP contribution in [0.4, 0.5) is 0 Å². The highest BCUT2D eigenvalue weighted by Crippen LogP contribution is 2.68. The second-order valence-corrected chi connectivity index (χ2v) is 16.0. The van der Waals surface area contributed by atoms with Crippen LogP contribution < -0.4 is 0 Å². The predicted molar refractivity (Wildman–Crippen MR) is 165 cm³/mol. The number of hydrogen-bond acceptors (Lipinski definition) is 8. The fourth-order valence-corrected chi connectivity index (χ4v) is 11.6. The molecular formula is C33H35NO4S3. The van der Waals surface area contributed by atoms with Crippen LogP contribution in [-0.2, 0) is 14.3 Å². The van der Waals surface area contributed by atoms with Gasteiger partial charge in [0.15, 0.2) is 21.5 Å². The van der Waals surface area contributed by atoms with E-state index in [2.05, 4.69) is 19.9 Å². The molecule has 5 nitrogen and oxygen atoms in total. The van der Waals surface area contributed by atoms with Gasteiger partial charge in [0.05, 0.1) is 16.0 Å². The van der Waals surface area contributed by atoms with E-state index in [9.17, 15) is 14.4 Å². The highest BCUT2D eigenvalue weighted by molar-refractivity contribution is 8.01. The molecule has 0 radical (unpaired) electrons. The van der Waals surface area contributed by atoms with Crippen molar-refractivity contribution in [1.29, 1.82) is 0 Å². The van der Waals surface area contributed by atoms with Crippen LogP contribution in [0.2, 0.25) is 0 Å². The zero-order chi connectivity index (χ0) is 28.4. The van der Waals surface area contributed by atoms with Crippen molar-refractivity contribution in [3.63, 3.8) is 0 Å². The zero-order valence-electron chi connectivity index (χ0n) is 23.5. The largest absolute Gasteiger partial charge is 0.446 e. The third kappa shape index (κ3) is 4.30. The van der Waals surface area contributed by atoms with Crippen LogP contribution in [0.3, 0.4) is 0 Å². The lowest BCUT2D eigenvalue weighted by molar-refractivity contribution is -0.161. The molecule has 6 atom stereocenters. The number of carbonyl (C=O) groups is 3.